The fourth-order valence-corrected chi connectivity index (χ4v) is 4.17. The molecule has 0 radical (unpaired) electrons. The van der Waals surface area contributed by atoms with E-state index in [1.165, 1.54) is 25.3 Å². The van der Waals surface area contributed by atoms with Crippen LogP contribution in [0.15, 0.2) is 65.6 Å². The zero-order valence-electron chi connectivity index (χ0n) is 19.9. The summed E-state index contributed by atoms with van der Waals surface area (Å²) in [6.45, 7) is 3.62. The molecule has 1 amide bonds. The van der Waals surface area contributed by atoms with Gasteiger partial charge in [0.1, 0.15) is 18.1 Å². The molecule has 0 bridgehead atoms. The fraction of sp³-hybridized carbons (Fsp3) is 0.308. The molecule has 1 aromatic heterocycles. The van der Waals surface area contributed by atoms with E-state index in [2.05, 4.69) is 15.1 Å². The van der Waals surface area contributed by atoms with Crippen LogP contribution in [0.5, 0.6) is 11.5 Å². The zero-order valence-corrected chi connectivity index (χ0v) is 19.9. The number of nitrogens with zero attached hydrogens (tertiary/aromatic N) is 3. The molecule has 2 heterocycles. The van der Waals surface area contributed by atoms with E-state index in [0.29, 0.717) is 18.0 Å². The summed E-state index contributed by atoms with van der Waals surface area (Å²) < 4.78 is 25.5. The number of ether oxygens (including phenoxy) is 2. The van der Waals surface area contributed by atoms with Crippen molar-refractivity contribution in [3.8, 4) is 11.5 Å². The zero-order chi connectivity index (χ0) is 24.8. The molecule has 35 heavy (non-hydrogen) atoms. The van der Waals surface area contributed by atoms with Gasteiger partial charge in [0, 0.05) is 50.2 Å². The monoisotopic (exact) mass is 480 g/mol. The molecule has 9 heteroatoms. The Labute approximate surface area is 203 Å². The van der Waals surface area contributed by atoms with Crippen molar-refractivity contribution in [1.29, 1.82) is 0 Å². The van der Waals surface area contributed by atoms with Crippen LogP contribution in [-0.4, -0.2) is 55.8 Å². The Kier molecular flexibility index (Phi) is 7.67. The average Bonchev–Trinajstić information content (AvgIpc) is 2.87. The SMILES string of the molecule is COc1ccccc1NC(=O)Cn1cc(OC)c(=O)cc1CN1CCN(c2ccc(F)cc2)CC1. The number of hydrogen-bond donors (Lipinski definition) is 1. The van der Waals surface area contributed by atoms with Crippen molar-refractivity contribution in [3.05, 3.63) is 82.5 Å². The van der Waals surface area contributed by atoms with Crippen LogP contribution in [0.25, 0.3) is 0 Å². The summed E-state index contributed by atoms with van der Waals surface area (Å²) in [5, 5.41) is 2.87. The van der Waals surface area contributed by atoms with Crippen LogP contribution in [0.1, 0.15) is 5.69 Å². The second kappa shape index (κ2) is 11.1. The van der Waals surface area contributed by atoms with Crippen molar-refractivity contribution >= 4 is 17.3 Å². The van der Waals surface area contributed by atoms with Gasteiger partial charge < -0.3 is 24.3 Å². The molecule has 8 nitrogen and oxygen atoms in total. The number of aromatic nitrogens is 1. The molecule has 184 valence electrons. The molecular formula is C26H29FN4O4. The molecule has 0 atom stereocenters. The number of amides is 1. The molecule has 1 aliphatic heterocycles. The highest BCUT2D eigenvalue weighted by molar-refractivity contribution is 5.92. The van der Waals surface area contributed by atoms with Crippen LogP contribution in [0.2, 0.25) is 0 Å². The Morgan fingerprint density at radius 1 is 0.971 bits per heavy atom. The lowest BCUT2D eigenvalue weighted by Gasteiger charge is -2.36. The maximum atomic E-state index is 13.2. The molecule has 0 aliphatic carbocycles. The van der Waals surface area contributed by atoms with E-state index in [9.17, 15) is 14.0 Å². The van der Waals surface area contributed by atoms with E-state index in [-0.39, 0.29) is 29.4 Å². The number of rotatable bonds is 8. The average molecular weight is 481 g/mol. The van der Waals surface area contributed by atoms with Crippen molar-refractivity contribution in [1.82, 2.24) is 9.47 Å². The predicted octanol–water partition coefficient (Wildman–Crippen LogP) is 2.97. The topological polar surface area (TPSA) is 76.0 Å². The highest BCUT2D eigenvalue weighted by Crippen LogP contribution is 2.23. The molecule has 4 rings (SSSR count). The Balaban J connectivity index is 1.46. The summed E-state index contributed by atoms with van der Waals surface area (Å²) in [6.07, 6.45) is 1.58. The molecule has 1 N–H and O–H groups in total. The number of hydrogen-bond acceptors (Lipinski definition) is 6. The van der Waals surface area contributed by atoms with Gasteiger partial charge in [-0.3, -0.25) is 14.5 Å². The number of nitrogens with one attached hydrogen (secondary N) is 1. The van der Waals surface area contributed by atoms with Crippen molar-refractivity contribution in [2.45, 2.75) is 13.1 Å². The van der Waals surface area contributed by atoms with Gasteiger partial charge in [0.15, 0.2) is 5.75 Å². The Morgan fingerprint density at radius 3 is 2.34 bits per heavy atom. The molecule has 1 saturated heterocycles. The fourth-order valence-electron chi connectivity index (χ4n) is 4.17. The molecule has 1 fully saturated rings. The van der Waals surface area contributed by atoms with E-state index < -0.39 is 0 Å². The molecular weight excluding hydrogens is 451 g/mol. The van der Waals surface area contributed by atoms with Crippen molar-refractivity contribution in [3.63, 3.8) is 0 Å². The maximum absolute atomic E-state index is 13.2. The molecule has 0 saturated carbocycles. The minimum atomic E-state index is -0.250. The van der Waals surface area contributed by atoms with E-state index in [4.69, 9.17) is 9.47 Å². The van der Waals surface area contributed by atoms with Crippen LogP contribution in [0.3, 0.4) is 0 Å². The standard InChI is InChI=1S/C26H29FN4O4/c1-34-24-6-4-3-5-22(24)28-26(33)18-31-17-25(35-2)23(32)15-21(31)16-29-11-13-30(14-12-29)20-9-7-19(27)8-10-20/h3-10,15,17H,11-14,16,18H2,1-2H3,(H,28,33). The summed E-state index contributed by atoms with van der Waals surface area (Å²) in [5.74, 6) is 0.250. The van der Waals surface area contributed by atoms with Crippen LogP contribution in [-0.2, 0) is 17.9 Å². The van der Waals surface area contributed by atoms with Gasteiger partial charge in [-0.15, -0.1) is 0 Å². The highest BCUT2D eigenvalue weighted by atomic mass is 19.1. The van der Waals surface area contributed by atoms with Gasteiger partial charge in [-0.05, 0) is 36.4 Å². The van der Waals surface area contributed by atoms with Crippen molar-refractivity contribution < 1.29 is 18.7 Å². The van der Waals surface area contributed by atoms with Crippen LogP contribution < -0.4 is 25.1 Å². The minimum absolute atomic E-state index is 0.0135. The first-order valence-corrected chi connectivity index (χ1v) is 11.4. The number of methoxy groups -OCH3 is 2. The Bertz CT molecular complexity index is 1220. The van der Waals surface area contributed by atoms with Gasteiger partial charge in [0.2, 0.25) is 11.3 Å². The second-order valence-electron chi connectivity index (χ2n) is 8.31. The van der Waals surface area contributed by atoms with E-state index in [1.54, 1.807) is 42.1 Å². The Hall–Kier alpha value is -3.85. The third kappa shape index (κ3) is 5.99. The number of piperazine rings is 1. The largest absolute Gasteiger partial charge is 0.495 e. The van der Waals surface area contributed by atoms with Gasteiger partial charge in [-0.25, -0.2) is 4.39 Å². The van der Waals surface area contributed by atoms with Gasteiger partial charge in [-0.2, -0.15) is 0 Å². The predicted molar refractivity (Wildman–Crippen MR) is 133 cm³/mol. The van der Waals surface area contributed by atoms with Crippen LogP contribution >= 0.6 is 0 Å². The first kappa shape index (κ1) is 24.3. The van der Waals surface area contributed by atoms with Gasteiger partial charge >= 0.3 is 0 Å². The number of anilines is 2. The first-order valence-electron chi connectivity index (χ1n) is 11.4. The number of benzene rings is 2. The highest BCUT2D eigenvalue weighted by Gasteiger charge is 2.20. The number of carbonyl (C=O) groups is 1. The van der Waals surface area contributed by atoms with Crippen molar-refractivity contribution in [2.75, 3.05) is 50.6 Å². The van der Waals surface area contributed by atoms with Gasteiger partial charge in [0.25, 0.3) is 0 Å². The lowest BCUT2D eigenvalue weighted by atomic mass is 10.2. The normalized spacial score (nSPS) is 14.0. The summed E-state index contributed by atoms with van der Waals surface area (Å²) in [7, 11) is 2.98. The summed E-state index contributed by atoms with van der Waals surface area (Å²) in [5.41, 5.74) is 2.06. The van der Waals surface area contributed by atoms with Crippen molar-refractivity contribution in [2.24, 2.45) is 0 Å². The molecule has 1 aliphatic rings. The third-order valence-electron chi connectivity index (χ3n) is 6.05. The summed E-state index contributed by atoms with van der Waals surface area (Å²) in [4.78, 5) is 29.8. The molecule has 0 spiro atoms. The lowest BCUT2D eigenvalue weighted by molar-refractivity contribution is -0.116. The van der Waals surface area contributed by atoms with Crippen LogP contribution in [0, 0.1) is 5.82 Å². The quantitative estimate of drug-likeness (QED) is 0.534. The number of carbonyl (C=O) groups excluding carboxylic acids is 1. The number of para-hydroxylation sites is 2. The van der Waals surface area contributed by atoms with E-state index >= 15 is 0 Å². The van der Waals surface area contributed by atoms with E-state index in [1.807, 2.05) is 12.1 Å². The summed E-state index contributed by atoms with van der Waals surface area (Å²) >= 11 is 0. The molecule has 2 aromatic carbocycles. The first-order chi connectivity index (χ1) is 17.0. The second-order valence-corrected chi connectivity index (χ2v) is 8.31. The number of halogens is 1. The van der Waals surface area contributed by atoms with Gasteiger partial charge in [0.05, 0.1) is 26.1 Å². The number of pyridine rings is 1. The third-order valence-corrected chi connectivity index (χ3v) is 6.05. The lowest BCUT2D eigenvalue weighted by Crippen LogP contribution is -2.46. The molecule has 3 aromatic rings. The minimum Gasteiger partial charge on any atom is -0.495 e. The van der Waals surface area contributed by atoms with Gasteiger partial charge in [-0.1, -0.05) is 12.1 Å². The molecule has 0 unspecified atom stereocenters. The Morgan fingerprint density at radius 2 is 1.66 bits per heavy atom. The summed E-state index contributed by atoms with van der Waals surface area (Å²) in [6, 6.07) is 15.2. The maximum Gasteiger partial charge on any atom is 0.244 e. The smallest absolute Gasteiger partial charge is 0.244 e. The van der Waals surface area contributed by atoms with Crippen LogP contribution in [0.4, 0.5) is 15.8 Å². The van der Waals surface area contributed by atoms with E-state index in [0.717, 1.165) is 37.6 Å².